The van der Waals surface area contributed by atoms with Gasteiger partial charge in [0.25, 0.3) is 0 Å². The second-order valence-corrected chi connectivity index (χ2v) is 6.01. The van der Waals surface area contributed by atoms with E-state index < -0.39 is 0 Å². The molecule has 0 aliphatic rings. The number of rotatable bonds is 5. The zero-order valence-electron chi connectivity index (χ0n) is 8.47. The highest BCUT2D eigenvalue weighted by Crippen LogP contribution is 2.23. The van der Waals surface area contributed by atoms with Gasteiger partial charge in [0.2, 0.25) is 0 Å². The lowest BCUT2D eigenvalue weighted by Gasteiger charge is -2.09. The van der Waals surface area contributed by atoms with Gasteiger partial charge in [0.05, 0.1) is 4.47 Å². The number of hydrogen-bond acceptors (Lipinski definition) is 1. The largest absolute Gasteiger partial charge is 0.206 e. The normalized spacial score (nSPS) is 12.8. The third kappa shape index (κ3) is 4.75. The number of hydrogen-bond donors (Lipinski definition) is 0. The molecule has 0 aliphatic carbocycles. The van der Waals surface area contributed by atoms with E-state index in [0.29, 0.717) is 15.6 Å². The molecule has 0 bridgehead atoms. The van der Waals surface area contributed by atoms with E-state index in [0.717, 1.165) is 17.7 Å². The highest BCUT2D eigenvalue weighted by molar-refractivity contribution is 9.10. The molecule has 15 heavy (non-hydrogen) atoms. The quantitative estimate of drug-likeness (QED) is 0.701. The zero-order chi connectivity index (χ0) is 11.3. The predicted octanol–water partition coefficient (Wildman–Crippen LogP) is 4.84. The molecule has 0 aliphatic heterocycles. The molecule has 0 amide bonds. The molecule has 0 N–H and O–H groups in total. The van der Waals surface area contributed by atoms with Gasteiger partial charge in [0.15, 0.2) is 0 Å². The van der Waals surface area contributed by atoms with E-state index in [1.165, 1.54) is 6.07 Å². The van der Waals surface area contributed by atoms with Gasteiger partial charge in [-0.3, -0.25) is 0 Å². The molecule has 0 heterocycles. The van der Waals surface area contributed by atoms with Crippen LogP contribution in [-0.2, 0) is 5.75 Å². The van der Waals surface area contributed by atoms with Crippen LogP contribution < -0.4 is 0 Å². The third-order valence-corrected chi connectivity index (χ3v) is 4.16. The highest BCUT2D eigenvalue weighted by atomic mass is 79.9. The molecule has 1 rings (SSSR count). The Bertz CT molecular complexity index is 319. The Labute approximate surface area is 108 Å². The van der Waals surface area contributed by atoms with E-state index in [2.05, 4.69) is 22.9 Å². The summed E-state index contributed by atoms with van der Waals surface area (Å²) in [6, 6.07) is 5.14. The average Bonchev–Trinajstić information content (AvgIpc) is 2.20. The first-order chi connectivity index (χ1) is 7.13. The molecule has 0 nitrogen and oxygen atoms in total. The van der Waals surface area contributed by atoms with Gasteiger partial charge in [-0.15, -0.1) is 11.6 Å². The Morgan fingerprint density at radius 3 is 2.87 bits per heavy atom. The van der Waals surface area contributed by atoms with Crippen molar-refractivity contribution in [1.29, 1.82) is 0 Å². The van der Waals surface area contributed by atoms with Gasteiger partial charge in [-0.1, -0.05) is 13.0 Å². The van der Waals surface area contributed by atoms with Crippen molar-refractivity contribution in [3.8, 4) is 0 Å². The van der Waals surface area contributed by atoms with Crippen LogP contribution in [0.1, 0.15) is 18.9 Å². The van der Waals surface area contributed by atoms with Crippen LogP contribution in [0.5, 0.6) is 0 Å². The maximum atomic E-state index is 12.9. The maximum absolute atomic E-state index is 12.9. The number of thioether (sulfide) groups is 1. The first-order valence-corrected chi connectivity index (χ1v) is 7.12. The predicted molar refractivity (Wildman–Crippen MR) is 70.2 cm³/mol. The molecule has 1 unspecified atom stereocenters. The summed E-state index contributed by atoms with van der Waals surface area (Å²) >= 11 is 10.7. The van der Waals surface area contributed by atoms with E-state index in [4.69, 9.17) is 11.6 Å². The SMILES string of the molecule is CC(CCCl)SCc1ccc(F)c(Br)c1. The topological polar surface area (TPSA) is 0 Å². The number of alkyl halides is 1. The minimum absolute atomic E-state index is 0.211. The highest BCUT2D eigenvalue weighted by Gasteiger charge is 2.04. The molecule has 0 saturated heterocycles. The monoisotopic (exact) mass is 310 g/mol. The molecule has 0 saturated carbocycles. The van der Waals surface area contributed by atoms with Crippen LogP contribution in [0.4, 0.5) is 4.39 Å². The number of benzene rings is 1. The first-order valence-electron chi connectivity index (χ1n) is 4.75. The molecule has 1 aromatic rings. The van der Waals surface area contributed by atoms with Crippen LogP contribution >= 0.6 is 39.3 Å². The Kier molecular flexibility index (Phi) is 6.02. The van der Waals surface area contributed by atoms with Crippen molar-refractivity contribution >= 4 is 39.3 Å². The summed E-state index contributed by atoms with van der Waals surface area (Å²) in [4.78, 5) is 0. The molecule has 0 spiro atoms. The maximum Gasteiger partial charge on any atom is 0.137 e. The molecular weight excluding hydrogens is 299 g/mol. The zero-order valence-corrected chi connectivity index (χ0v) is 11.6. The minimum atomic E-state index is -0.211. The van der Waals surface area contributed by atoms with Crippen LogP contribution in [0.25, 0.3) is 0 Å². The summed E-state index contributed by atoms with van der Waals surface area (Å²) < 4.78 is 13.5. The molecular formula is C11H13BrClFS. The summed E-state index contributed by atoms with van der Waals surface area (Å²) in [6.07, 6.45) is 1.01. The van der Waals surface area contributed by atoms with Gasteiger partial charge in [0, 0.05) is 16.9 Å². The van der Waals surface area contributed by atoms with Gasteiger partial charge in [-0.2, -0.15) is 11.8 Å². The smallest absolute Gasteiger partial charge is 0.137 e. The molecule has 4 heteroatoms. The molecule has 84 valence electrons. The summed E-state index contributed by atoms with van der Waals surface area (Å²) in [6.45, 7) is 2.16. The van der Waals surface area contributed by atoms with Crippen molar-refractivity contribution in [2.45, 2.75) is 24.3 Å². The molecule has 0 fully saturated rings. The summed E-state index contributed by atoms with van der Waals surface area (Å²) in [5.74, 6) is 1.38. The lowest BCUT2D eigenvalue weighted by Crippen LogP contribution is -1.97. The van der Waals surface area contributed by atoms with Crippen LogP contribution in [0.3, 0.4) is 0 Å². The second kappa shape index (κ2) is 6.77. The van der Waals surface area contributed by atoms with E-state index in [9.17, 15) is 4.39 Å². The van der Waals surface area contributed by atoms with Gasteiger partial charge >= 0.3 is 0 Å². The van der Waals surface area contributed by atoms with Crippen molar-refractivity contribution in [1.82, 2.24) is 0 Å². The standard InChI is InChI=1S/C11H13BrClFS/c1-8(4-5-13)15-7-9-2-3-11(14)10(12)6-9/h2-3,6,8H,4-5,7H2,1H3. The summed E-state index contributed by atoms with van der Waals surface area (Å²) in [5, 5.41) is 0.548. The van der Waals surface area contributed by atoms with Crippen LogP contribution in [0.2, 0.25) is 0 Å². The number of halogens is 3. The fourth-order valence-corrected chi connectivity index (χ4v) is 2.93. The van der Waals surface area contributed by atoms with Crippen molar-refractivity contribution < 1.29 is 4.39 Å². The van der Waals surface area contributed by atoms with E-state index in [1.807, 2.05) is 23.9 Å². The molecule has 0 radical (unpaired) electrons. The van der Waals surface area contributed by atoms with Gasteiger partial charge in [-0.05, 0) is 40.0 Å². The van der Waals surface area contributed by atoms with E-state index >= 15 is 0 Å². The Morgan fingerprint density at radius 1 is 1.53 bits per heavy atom. The van der Waals surface area contributed by atoms with E-state index in [-0.39, 0.29) is 5.82 Å². The Hall–Kier alpha value is 0.270. The first kappa shape index (κ1) is 13.3. The van der Waals surface area contributed by atoms with Crippen LogP contribution in [-0.4, -0.2) is 11.1 Å². The minimum Gasteiger partial charge on any atom is -0.206 e. The summed E-state index contributed by atoms with van der Waals surface area (Å²) in [7, 11) is 0. The van der Waals surface area contributed by atoms with Gasteiger partial charge in [0.1, 0.15) is 5.82 Å². The lowest BCUT2D eigenvalue weighted by atomic mass is 10.2. The van der Waals surface area contributed by atoms with Crippen LogP contribution in [0, 0.1) is 5.82 Å². The Morgan fingerprint density at radius 2 is 2.27 bits per heavy atom. The molecule has 1 atom stereocenters. The van der Waals surface area contributed by atoms with Gasteiger partial charge < -0.3 is 0 Å². The second-order valence-electron chi connectivity index (χ2n) is 3.35. The summed E-state index contributed by atoms with van der Waals surface area (Å²) in [5.41, 5.74) is 1.13. The van der Waals surface area contributed by atoms with E-state index in [1.54, 1.807) is 0 Å². The van der Waals surface area contributed by atoms with Gasteiger partial charge in [-0.25, -0.2) is 4.39 Å². The van der Waals surface area contributed by atoms with Crippen molar-refractivity contribution in [2.24, 2.45) is 0 Å². The van der Waals surface area contributed by atoms with Crippen molar-refractivity contribution in [3.05, 3.63) is 34.1 Å². The lowest BCUT2D eigenvalue weighted by molar-refractivity contribution is 0.620. The molecule has 1 aromatic carbocycles. The van der Waals surface area contributed by atoms with Crippen LogP contribution in [0.15, 0.2) is 22.7 Å². The fraction of sp³-hybridized carbons (Fsp3) is 0.455. The average molecular weight is 312 g/mol. The van der Waals surface area contributed by atoms with Crippen molar-refractivity contribution in [3.63, 3.8) is 0 Å². The van der Waals surface area contributed by atoms with Crippen molar-refractivity contribution in [2.75, 3.05) is 5.88 Å². The third-order valence-electron chi connectivity index (χ3n) is 2.03. The molecule has 0 aromatic heterocycles. The Balaban J connectivity index is 2.47. The fourth-order valence-electron chi connectivity index (χ4n) is 1.10.